The van der Waals surface area contributed by atoms with Crippen LogP contribution in [0.2, 0.25) is 0 Å². The molecule has 0 aliphatic carbocycles. The summed E-state index contributed by atoms with van der Waals surface area (Å²) in [5.41, 5.74) is 0.0160. The summed E-state index contributed by atoms with van der Waals surface area (Å²) in [6.45, 7) is 4.40. The van der Waals surface area contributed by atoms with Crippen LogP contribution in [-0.4, -0.2) is 73.8 Å². The van der Waals surface area contributed by atoms with Gasteiger partial charge >= 0.3 is 0 Å². The van der Waals surface area contributed by atoms with Crippen LogP contribution in [0.1, 0.15) is 17.8 Å². The summed E-state index contributed by atoms with van der Waals surface area (Å²) in [4.78, 5) is 20.1. The zero-order valence-electron chi connectivity index (χ0n) is 13.9. The van der Waals surface area contributed by atoms with E-state index in [4.69, 9.17) is 9.47 Å². The van der Waals surface area contributed by atoms with E-state index in [1.54, 1.807) is 30.3 Å². The lowest BCUT2D eigenvalue weighted by Crippen LogP contribution is -2.51. The third-order valence-electron chi connectivity index (χ3n) is 4.80. The standard InChI is InChI=1S/C16H25N3O3S/c1-18(2)15(20)10-21-12-16-4-7-22-13(16)3-6-19(11-16)9-14-17-5-8-23-14/h5,8,13H,3-4,6-7,9-12H2,1-2H3/t13-,16+/m1/s1. The third-order valence-corrected chi connectivity index (χ3v) is 5.57. The van der Waals surface area contributed by atoms with Gasteiger partial charge in [0.1, 0.15) is 11.6 Å². The van der Waals surface area contributed by atoms with Gasteiger partial charge in [0.05, 0.1) is 19.3 Å². The first-order chi connectivity index (χ1) is 11.1. The van der Waals surface area contributed by atoms with Gasteiger partial charge in [-0.15, -0.1) is 11.3 Å². The molecule has 2 saturated heterocycles. The Balaban J connectivity index is 1.58. The van der Waals surface area contributed by atoms with Crippen molar-refractivity contribution in [3.05, 3.63) is 16.6 Å². The van der Waals surface area contributed by atoms with Crippen molar-refractivity contribution < 1.29 is 14.3 Å². The van der Waals surface area contributed by atoms with Gasteiger partial charge in [0.25, 0.3) is 0 Å². The molecule has 2 aliphatic rings. The van der Waals surface area contributed by atoms with Crippen LogP contribution in [0.5, 0.6) is 0 Å². The number of nitrogens with zero attached hydrogens (tertiary/aromatic N) is 3. The fraction of sp³-hybridized carbons (Fsp3) is 0.750. The van der Waals surface area contributed by atoms with E-state index in [2.05, 4.69) is 9.88 Å². The van der Waals surface area contributed by atoms with Gasteiger partial charge < -0.3 is 14.4 Å². The number of hydrogen-bond acceptors (Lipinski definition) is 6. The number of likely N-dealkylation sites (N-methyl/N-ethyl adjacent to an activating group) is 1. The summed E-state index contributed by atoms with van der Waals surface area (Å²) in [6, 6.07) is 0. The molecule has 0 saturated carbocycles. The molecule has 2 atom stereocenters. The minimum Gasteiger partial charge on any atom is -0.377 e. The maximum absolute atomic E-state index is 11.7. The van der Waals surface area contributed by atoms with Crippen molar-refractivity contribution >= 4 is 17.2 Å². The number of likely N-dealkylation sites (tertiary alicyclic amines) is 1. The van der Waals surface area contributed by atoms with Gasteiger partial charge in [-0.05, 0) is 12.8 Å². The highest BCUT2D eigenvalue weighted by Crippen LogP contribution is 2.41. The highest BCUT2D eigenvalue weighted by molar-refractivity contribution is 7.09. The molecule has 0 radical (unpaired) electrons. The van der Waals surface area contributed by atoms with E-state index < -0.39 is 0 Å². The van der Waals surface area contributed by atoms with Crippen LogP contribution in [0, 0.1) is 5.41 Å². The molecular formula is C16H25N3O3S. The maximum atomic E-state index is 11.7. The molecule has 128 valence electrons. The summed E-state index contributed by atoms with van der Waals surface area (Å²) in [7, 11) is 3.50. The molecule has 0 spiro atoms. The van der Waals surface area contributed by atoms with Crippen LogP contribution >= 0.6 is 11.3 Å². The first-order valence-corrected chi connectivity index (χ1v) is 8.97. The molecule has 0 bridgehead atoms. The normalized spacial score (nSPS) is 27.8. The summed E-state index contributed by atoms with van der Waals surface area (Å²) >= 11 is 1.70. The van der Waals surface area contributed by atoms with Crippen LogP contribution in [-0.2, 0) is 20.8 Å². The second kappa shape index (κ2) is 7.25. The third kappa shape index (κ3) is 3.91. The molecule has 0 N–H and O–H groups in total. The number of rotatable bonds is 6. The van der Waals surface area contributed by atoms with Crippen molar-refractivity contribution in [3.63, 3.8) is 0 Å². The van der Waals surface area contributed by atoms with Gasteiger partial charge in [-0.2, -0.15) is 0 Å². The SMILES string of the molecule is CN(C)C(=O)COC[C@@]12CCO[C@@H]1CCN(Cc1nccs1)C2. The summed E-state index contributed by atoms with van der Waals surface area (Å²) < 4.78 is 11.7. The zero-order valence-corrected chi connectivity index (χ0v) is 14.7. The first-order valence-electron chi connectivity index (χ1n) is 8.09. The zero-order chi connectivity index (χ0) is 16.3. The molecule has 1 aromatic heterocycles. The lowest BCUT2D eigenvalue weighted by atomic mass is 9.77. The maximum Gasteiger partial charge on any atom is 0.248 e. The van der Waals surface area contributed by atoms with Crippen LogP contribution in [0.15, 0.2) is 11.6 Å². The van der Waals surface area contributed by atoms with Crippen molar-refractivity contribution in [3.8, 4) is 0 Å². The molecule has 2 fully saturated rings. The lowest BCUT2D eigenvalue weighted by molar-refractivity contribution is -0.136. The Morgan fingerprint density at radius 2 is 2.48 bits per heavy atom. The molecule has 1 amide bonds. The molecule has 1 aromatic rings. The number of ether oxygens (including phenoxy) is 2. The van der Waals surface area contributed by atoms with Crippen LogP contribution in [0.3, 0.4) is 0 Å². The molecule has 0 aromatic carbocycles. The average molecular weight is 339 g/mol. The predicted molar refractivity (Wildman–Crippen MR) is 88.3 cm³/mol. The van der Waals surface area contributed by atoms with Gasteiger partial charge in [-0.3, -0.25) is 9.69 Å². The quantitative estimate of drug-likeness (QED) is 0.780. The topological polar surface area (TPSA) is 54.9 Å². The number of hydrogen-bond donors (Lipinski definition) is 0. The minimum atomic E-state index is 0.00677. The fourth-order valence-corrected chi connectivity index (χ4v) is 4.13. The Bertz CT molecular complexity index is 523. The van der Waals surface area contributed by atoms with E-state index >= 15 is 0 Å². The number of carbonyl (C=O) groups excluding carboxylic acids is 1. The summed E-state index contributed by atoms with van der Waals surface area (Å²) in [5.74, 6) is 0.00677. The second-order valence-electron chi connectivity index (χ2n) is 6.68. The van der Waals surface area contributed by atoms with E-state index in [-0.39, 0.29) is 24.0 Å². The molecule has 23 heavy (non-hydrogen) atoms. The van der Waals surface area contributed by atoms with E-state index in [1.807, 2.05) is 11.6 Å². The highest BCUT2D eigenvalue weighted by atomic mass is 32.1. The molecule has 3 heterocycles. The van der Waals surface area contributed by atoms with E-state index in [9.17, 15) is 4.79 Å². The van der Waals surface area contributed by atoms with Crippen LogP contribution in [0.4, 0.5) is 0 Å². The summed E-state index contributed by atoms with van der Waals surface area (Å²) in [5, 5.41) is 3.17. The van der Waals surface area contributed by atoms with Crippen molar-refractivity contribution in [1.82, 2.24) is 14.8 Å². The van der Waals surface area contributed by atoms with Crippen LogP contribution in [0.25, 0.3) is 0 Å². The Morgan fingerprint density at radius 1 is 1.61 bits per heavy atom. The summed E-state index contributed by atoms with van der Waals surface area (Å²) in [6.07, 6.45) is 4.14. The first kappa shape index (κ1) is 16.8. The lowest BCUT2D eigenvalue weighted by Gasteiger charge is -2.43. The number of aromatic nitrogens is 1. The van der Waals surface area contributed by atoms with Crippen molar-refractivity contribution in [2.24, 2.45) is 5.41 Å². The predicted octanol–water partition coefficient (Wildman–Crippen LogP) is 1.23. The van der Waals surface area contributed by atoms with Crippen molar-refractivity contribution in [2.75, 3.05) is 47.0 Å². The van der Waals surface area contributed by atoms with Gasteiger partial charge in [0.2, 0.25) is 5.91 Å². The highest BCUT2D eigenvalue weighted by Gasteiger charge is 2.48. The molecule has 3 rings (SSSR count). The Labute approximate surface area is 141 Å². The Hall–Kier alpha value is -1.02. The molecule has 7 heteroatoms. The second-order valence-corrected chi connectivity index (χ2v) is 7.66. The number of thiazole rings is 1. The average Bonchev–Trinajstić information content (AvgIpc) is 3.16. The molecule has 0 unspecified atom stereocenters. The molecular weight excluding hydrogens is 314 g/mol. The largest absolute Gasteiger partial charge is 0.377 e. The van der Waals surface area contributed by atoms with Crippen molar-refractivity contribution in [1.29, 1.82) is 0 Å². The number of carbonyl (C=O) groups is 1. The van der Waals surface area contributed by atoms with E-state index in [0.29, 0.717) is 6.61 Å². The number of fused-ring (bicyclic) bond motifs is 1. The molecule has 2 aliphatic heterocycles. The van der Waals surface area contributed by atoms with Gasteiger partial charge in [0, 0.05) is 50.8 Å². The van der Waals surface area contributed by atoms with Gasteiger partial charge in [0.15, 0.2) is 0 Å². The molecule has 6 nitrogen and oxygen atoms in total. The Morgan fingerprint density at radius 3 is 3.22 bits per heavy atom. The number of piperidine rings is 1. The van der Waals surface area contributed by atoms with E-state index in [0.717, 1.165) is 44.1 Å². The smallest absolute Gasteiger partial charge is 0.248 e. The number of amides is 1. The van der Waals surface area contributed by atoms with Crippen molar-refractivity contribution in [2.45, 2.75) is 25.5 Å². The van der Waals surface area contributed by atoms with Gasteiger partial charge in [-0.1, -0.05) is 0 Å². The van der Waals surface area contributed by atoms with E-state index in [1.165, 1.54) is 0 Å². The fourth-order valence-electron chi connectivity index (χ4n) is 3.48. The monoisotopic (exact) mass is 339 g/mol. The van der Waals surface area contributed by atoms with Crippen LogP contribution < -0.4 is 0 Å². The Kier molecular flexibility index (Phi) is 5.31. The minimum absolute atomic E-state index is 0.00677. The van der Waals surface area contributed by atoms with Gasteiger partial charge in [-0.25, -0.2) is 4.98 Å².